The van der Waals surface area contributed by atoms with Gasteiger partial charge in [-0.3, -0.25) is 0 Å². The van der Waals surface area contributed by atoms with Crippen molar-refractivity contribution in [1.82, 2.24) is 10.2 Å². The summed E-state index contributed by atoms with van der Waals surface area (Å²) in [6.07, 6.45) is -2.66. The van der Waals surface area contributed by atoms with Crippen LogP contribution >= 0.6 is 0 Å². The van der Waals surface area contributed by atoms with Crippen molar-refractivity contribution < 1.29 is 22.3 Å². The van der Waals surface area contributed by atoms with Gasteiger partial charge in [0.15, 0.2) is 0 Å². The van der Waals surface area contributed by atoms with Gasteiger partial charge in [-0.2, -0.15) is 13.2 Å². The fourth-order valence-electron chi connectivity index (χ4n) is 1.82. The van der Waals surface area contributed by atoms with Gasteiger partial charge < -0.3 is 9.15 Å². The Balaban J connectivity index is 1.79. The molecule has 0 unspecified atom stereocenters. The minimum Gasteiger partial charge on any atom is -0.494 e. The van der Waals surface area contributed by atoms with E-state index in [2.05, 4.69) is 10.2 Å². The van der Waals surface area contributed by atoms with E-state index in [4.69, 9.17) is 9.15 Å². The molecule has 22 heavy (non-hydrogen) atoms. The summed E-state index contributed by atoms with van der Waals surface area (Å²) in [7, 11) is 0. The van der Waals surface area contributed by atoms with Crippen LogP contribution in [0.25, 0.3) is 0 Å². The summed E-state index contributed by atoms with van der Waals surface area (Å²) in [5, 5.41) is 7.61. The molecule has 0 fully saturated rings. The fourth-order valence-corrected chi connectivity index (χ4v) is 1.82. The molecule has 1 heterocycles. The van der Waals surface area contributed by atoms with Gasteiger partial charge in [0.25, 0.3) is 0 Å². The van der Waals surface area contributed by atoms with Gasteiger partial charge in [-0.1, -0.05) is 12.1 Å². The van der Waals surface area contributed by atoms with Crippen molar-refractivity contribution in [2.24, 2.45) is 0 Å². The monoisotopic (exact) mass is 313 g/mol. The molecule has 0 aliphatic rings. The largest absolute Gasteiger partial charge is 0.494 e. The second kappa shape index (κ2) is 7.29. The van der Waals surface area contributed by atoms with Crippen molar-refractivity contribution >= 4 is 0 Å². The molecule has 0 aliphatic carbocycles. The molecule has 2 rings (SSSR count). The third kappa shape index (κ3) is 5.75. The molecule has 1 aromatic heterocycles. The predicted octanol–water partition coefficient (Wildman–Crippen LogP) is 3.89. The van der Waals surface area contributed by atoms with E-state index in [1.807, 2.05) is 12.5 Å². The highest BCUT2D eigenvalue weighted by Gasteiger charge is 2.26. The second-order valence-corrected chi connectivity index (χ2v) is 4.76. The van der Waals surface area contributed by atoms with E-state index in [9.17, 15) is 13.2 Å². The van der Waals surface area contributed by atoms with Gasteiger partial charge in [0.1, 0.15) is 5.75 Å². The van der Waals surface area contributed by atoms with Crippen molar-refractivity contribution in [2.75, 3.05) is 6.61 Å². The molecule has 1 radical (unpaired) electrons. The zero-order valence-corrected chi connectivity index (χ0v) is 12.1. The van der Waals surface area contributed by atoms with Crippen LogP contribution in [-0.2, 0) is 6.42 Å². The Morgan fingerprint density at radius 2 is 2.09 bits per heavy atom. The summed E-state index contributed by atoms with van der Waals surface area (Å²) in [5.74, 6) is 1.55. The molecule has 0 N–H and O–H groups in total. The maximum absolute atomic E-state index is 12.0. The number of hydrogen-bond acceptors (Lipinski definition) is 4. The molecule has 119 valence electrons. The van der Waals surface area contributed by atoms with E-state index in [-0.39, 0.29) is 13.0 Å². The van der Waals surface area contributed by atoms with Crippen LogP contribution in [0.15, 0.2) is 28.7 Å². The van der Waals surface area contributed by atoms with E-state index in [1.165, 1.54) is 0 Å². The zero-order valence-electron chi connectivity index (χ0n) is 12.1. The second-order valence-electron chi connectivity index (χ2n) is 4.76. The normalized spacial score (nSPS) is 11.6. The highest BCUT2D eigenvalue weighted by atomic mass is 19.4. The molecule has 2 aromatic rings. The lowest BCUT2D eigenvalue weighted by Gasteiger charge is -2.09. The summed E-state index contributed by atoms with van der Waals surface area (Å²) < 4.78 is 46.7. The van der Waals surface area contributed by atoms with Crippen LogP contribution in [-0.4, -0.2) is 23.0 Å². The van der Waals surface area contributed by atoms with E-state index in [0.717, 1.165) is 5.56 Å². The summed E-state index contributed by atoms with van der Waals surface area (Å²) in [5.41, 5.74) is 0.879. The number of rotatable bonds is 7. The number of aryl methyl sites for hydroxylation is 1. The zero-order chi connectivity index (χ0) is 16.0. The van der Waals surface area contributed by atoms with E-state index >= 15 is 0 Å². The number of benzene rings is 1. The Kier molecular flexibility index (Phi) is 5.41. The van der Waals surface area contributed by atoms with Crippen molar-refractivity contribution in [2.45, 2.75) is 32.4 Å². The quantitative estimate of drug-likeness (QED) is 0.728. The first kappa shape index (κ1) is 16.3. The number of nitrogens with zero attached hydrogens (tertiary/aromatic N) is 2. The van der Waals surface area contributed by atoms with Crippen LogP contribution < -0.4 is 4.74 Å². The molecule has 0 amide bonds. The Bertz CT molecular complexity index is 596. The third-order valence-electron chi connectivity index (χ3n) is 2.81. The topological polar surface area (TPSA) is 48.2 Å². The third-order valence-corrected chi connectivity index (χ3v) is 2.81. The van der Waals surface area contributed by atoms with Gasteiger partial charge in [0.2, 0.25) is 11.8 Å². The van der Waals surface area contributed by atoms with E-state index in [0.29, 0.717) is 24.0 Å². The summed E-state index contributed by atoms with van der Waals surface area (Å²) in [4.78, 5) is 0. The van der Waals surface area contributed by atoms with Crippen LogP contribution in [0.3, 0.4) is 0 Å². The lowest BCUT2D eigenvalue weighted by Crippen LogP contribution is -2.09. The Morgan fingerprint density at radius 1 is 1.27 bits per heavy atom. The van der Waals surface area contributed by atoms with E-state index < -0.39 is 12.6 Å². The number of halogens is 3. The van der Waals surface area contributed by atoms with Crippen LogP contribution in [0.4, 0.5) is 13.2 Å². The lowest BCUT2D eigenvalue weighted by molar-refractivity contribution is -0.136. The standard InChI is InChI=1S/C15H16F3N2O2/c1-11-19-20-14(22-11)7-6-12-4-2-5-13(10-12)21-9-3-8-15(16,17)18/h2,4-6,10H,3,7-9H2,1H3. The van der Waals surface area contributed by atoms with Gasteiger partial charge in [0.05, 0.1) is 6.61 Å². The Morgan fingerprint density at radius 3 is 2.77 bits per heavy atom. The first-order valence-electron chi connectivity index (χ1n) is 6.84. The maximum Gasteiger partial charge on any atom is 0.389 e. The van der Waals surface area contributed by atoms with Gasteiger partial charge in [-0.15, -0.1) is 10.2 Å². The van der Waals surface area contributed by atoms with Crippen LogP contribution in [0.5, 0.6) is 5.75 Å². The predicted molar refractivity (Wildman–Crippen MR) is 73.4 cm³/mol. The first-order valence-corrected chi connectivity index (χ1v) is 6.84. The minimum atomic E-state index is -4.14. The molecule has 0 spiro atoms. The minimum absolute atomic E-state index is 0.0335. The average Bonchev–Trinajstić information content (AvgIpc) is 2.87. The van der Waals surface area contributed by atoms with Crippen LogP contribution in [0.1, 0.15) is 30.2 Å². The van der Waals surface area contributed by atoms with Crippen molar-refractivity contribution in [3.63, 3.8) is 0 Å². The lowest BCUT2D eigenvalue weighted by atomic mass is 10.1. The van der Waals surface area contributed by atoms with Crippen LogP contribution in [0, 0.1) is 13.3 Å². The Labute approximate surface area is 126 Å². The summed E-state index contributed by atoms with van der Waals surface area (Å²) in [6, 6.07) is 7.12. The molecule has 0 aliphatic heterocycles. The molecule has 7 heteroatoms. The molecule has 4 nitrogen and oxygen atoms in total. The molecular weight excluding hydrogens is 297 g/mol. The first-order chi connectivity index (χ1) is 10.4. The maximum atomic E-state index is 12.0. The highest BCUT2D eigenvalue weighted by molar-refractivity contribution is 5.33. The molecule has 1 aromatic carbocycles. The number of ether oxygens (including phenoxy) is 1. The molecular formula is C15H16F3N2O2. The molecule has 0 saturated heterocycles. The number of alkyl halides is 3. The van der Waals surface area contributed by atoms with Crippen molar-refractivity contribution in [1.29, 1.82) is 0 Å². The number of hydrogen-bond donors (Lipinski definition) is 0. The average molecular weight is 313 g/mol. The van der Waals surface area contributed by atoms with Crippen molar-refractivity contribution in [3.05, 3.63) is 48.0 Å². The van der Waals surface area contributed by atoms with Gasteiger partial charge in [0, 0.05) is 26.2 Å². The summed E-state index contributed by atoms with van der Waals surface area (Å²) in [6.45, 7) is 1.75. The molecule has 0 saturated carbocycles. The fraction of sp³-hybridized carbons (Fsp3) is 0.400. The highest BCUT2D eigenvalue weighted by Crippen LogP contribution is 2.22. The van der Waals surface area contributed by atoms with Gasteiger partial charge >= 0.3 is 6.18 Å². The van der Waals surface area contributed by atoms with E-state index in [1.54, 1.807) is 25.1 Å². The smallest absolute Gasteiger partial charge is 0.389 e. The van der Waals surface area contributed by atoms with Crippen LogP contribution in [0.2, 0.25) is 0 Å². The molecule has 0 bridgehead atoms. The summed E-state index contributed by atoms with van der Waals surface area (Å²) >= 11 is 0. The SMILES string of the molecule is Cc1nnc(C[CH]c2cccc(OCCCC(F)(F)F)c2)o1. The molecule has 0 atom stereocenters. The van der Waals surface area contributed by atoms with Gasteiger partial charge in [-0.25, -0.2) is 0 Å². The number of aromatic nitrogens is 2. The Hall–Kier alpha value is -2.05. The van der Waals surface area contributed by atoms with Crippen molar-refractivity contribution in [3.8, 4) is 5.75 Å². The van der Waals surface area contributed by atoms with Gasteiger partial charge in [-0.05, 0) is 24.1 Å².